The van der Waals surface area contributed by atoms with E-state index in [4.69, 9.17) is 0 Å². The largest absolute Gasteiger partial charge is 0.321 e. The quantitative estimate of drug-likeness (QED) is 0.331. The van der Waals surface area contributed by atoms with Crippen LogP contribution in [0.1, 0.15) is 5.56 Å². The van der Waals surface area contributed by atoms with Crippen molar-refractivity contribution in [2.24, 2.45) is 0 Å². The Bertz CT molecular complexity index is 1060. The van der Waals surface area contributed by atoms with E-state index in [1.165, 1.54) is 30.3 Å². The second kappa shape index (κ2) is 7.28. The number of carbonyl (C=O) groups is 1. The Morgan fingerprint density at radius 3 is 2.38 bits per heavy atom. The van der Waals surface area contributed by atoms with Gasteiger partial charge in [0.1, 0.15) is 11.6 Å². The van der Waals surface area contributed by atoms with Gasteiger partial charge in [-0.2, -0.15) is 5.26 Å². The summed E-state index contributed by atoms with van der Waals surface area (Å²) in [7, 11) is 0. The van der Waals surface area contributed by atoms with E-state index in [9.17, 15) is 20.2 Å². The van der Waals surface area contributed by atoms with Crippen molar-refractivity contribution < 1.29 is 9.72 Å². The van der Waals surface area contributed by atoms with Crippen molar-refractivity contribution in [3.8, 4) is 6.07 Å². The van der Waals surface area contributed by atoms with Gasteiger partial charge < -0.3 is 5.32 Å². The predicted molar refractivity (Wildman–Crippen MR) is 99.3 cm³/mol. The van der Waals surface area contributed by atoms with Crippen molar-refractivity contribution in [1.29, 1.82) is 5.26 Å². The molecule has 0 spiro atoms. The first-order valence-corrected chi connectivity index (χ1v) is 7.73. The number of carbonyl (C=O) groups excluding carboxylic acids is 1. The lowest BCUT2D eigenvalue weighted by atomic mass is 10.1. The molecule has 0 aliphatic rings. The molecule has 0 saturated carbocycles. The van der Waals surface area contributed by atoms with Gasteiger partial charge in [0.05, 0.1) is 4.92 Å². The molecule has 126 valence electrons. The highest BCUT2D eigenvalue weighted by Crippen LogP contribution is 2.20. The molecule has 0 aromatic heterocycles. The molecule has 26 heavy (non-hydrogen) atoms. The normalized spacial score (nSPS) is 11.0. The van der Waals surface area contributed by atoms with Gasteiger partial charge in [-0.1, -0.05) is 30.3 Å². The number of nitro benzene ring substituents is 1. The van der Waals surface area contributed by atoms with E-state index in [1.54, 1.807) is 6.07 Å². The molecule has 0 heterocycles. The van der Waals surface area contributed by atoms with E-state index >= 15 is 0 Å². The van der Waals surface area contributed by atoms with E-state index in [0.29, 0.717) is 11.3 Å². The maximum Gasteiger partial charge on any atom is 0.269 e. The standard InChI is InChI=1S/C20H13N3O3/c21-13-17(11-14-5-9-19(10-6-14)23(25)26)20(24)22-18-8-7-15-3-1-2-4-16(15)12-18/h1-12H,(H,22,24)/b17-11+. The van der Waals surface area contributed by atoms with Crippen LogP contribution in [-0.4, -0.2) is 10.8 Å². The van der Waals surface area contributed by atoms with Crippen molar-refractivity contribution in [3.63, 3.8) is 0 Å². The minimum absolute atomic E-state index is 0.0544. The molecule has 6 nitrogen and oxygen atoms in total. The van der Waals surface area contributed by atoms with Crippen LogP contribution in [-0.2, 0) is 4.79 Å². The minimum atomic E-state index is -0.541. The number of hydrogen-bond donors (Lipinski definition) is 1. The molecule has 6 heteroatoms. The summed E-state index contributed by atoms with van der Waals surface area (Å²) < 4.78 is 0. The molecule has 0 unspecified atom stereocenters. The van der Waals surface area contributed by atoms with Crippen molar-refractivity contribution >= 4 is 34.1 Å². The number of non-ortho nitro benzene ring substituents is 1. The molecular weight excluding hydrogens is 330 g/mol. The summed E-state index contributed by atoms with van der Waals surface area (Å²) in [4.78, 5) is 22.5. The van der Waals surface area contributed by atoms with Gasteiger partial charge in [0.15, 0.2) is 0 Å². The lowest BCUT2D eigenvalue weighted by molar-refractivity contribution is -0.384. The fraction of sp³-hybridized carbons (Fsp3) is 0. The Morgan fingerprint density at radius 2 is 1.73 bits per heavy atom. The summed E-state index contributed by atoms with van der Waals surface area (Å²) in [6, 6.07) is 20.7. The summed E-state index contributed by atoms with van der Waals surface area (Å²) in [6.07, 6.45) is 1.39. The Morgan fingerprint density at radius 1 is 1.04 bits per heavy atom. The van der Waals surface area contributed by atoms with E-state index in [0.717, 1.165) is 10.8 Å². The van der Waals surface area contributed by atoms with Crippen LogP contribution in [0, 0.1) is 21.4 Å². The number of benzene rings is 3. The van der Waals surface area contributed by atoms with Gasteiger partial charge in [-0.15, -0.1) is 0 Å². The van der Waals surface area contributed by atoms with Gasteiger partial charge in [0, 0.05) is 17.8 Å². The maximum atomic E-state index is 12.3. The van der Waals surface area contributed by atoms with E-state index in [1.807, 2.05) is 42.5 Å². The number of amides is 1. The van der Waals surface area contributed by atoms with Gasteiger partial charge >= 0.3 is 0 Å². The summed E-state index contributed by atoms with van der Waals surface area (Å²) >= 11 is 0. The molecule has 0 saturated heterocycles. The van der Waals surface area contributed by atoms with Crippen LogP contribution in [0.5, 0.6) is 0 Å². The molecule has 0 atom stereocenters. The zero-order valence-electron chi connectivity index (χ0n) is 13.5. The van der Waals surface area contributed by atoms with Crippen LogP contribution in [0.3, 0.4) is 0 Å². The maximum absolute atomic E-state index is 12.3. The fourth-order valence-electron chi connectivity index (χ4n) is 2.47. The van der Waals surface area contributed by atoms with Crippen molar-refractivity contribution in [2.45, 2.75) is 0 Å². The molecule has 0 bridgehead atoms. The van der Waals surface area contributed by atoms with Crippen LogP contribution in [0.15, 0.2) is 72.3 Å². The number of nitro groups is 1. The summed E-state index contributed by atoms with van der Waals surface area (Å²) in [5, 5.41) is 24.7. The zero-order chi connectivity index (χ0) is 18.5. The molecule has 3 rings (SSSR count). The predicted octanol–water partition coefficient (Wildman–Crippen LogP) is 4.29. The third-order valence-electron chi connectivity index (χ3n) is 3.79. The SMILES string of the molecule is N#C/C(=C\c1ccc([N+](=O)[O-])cc1)C(=O)Nc1ccc2ccccc2c1. The van der Waals surface area contributed by atoms with Crippen molar-refractivity contribution in [1.82, 2.24) is 0 Å². The molecule has 0 aliphatic heterocycles. The van der Waals surface area contributed by atoms with Crippen molar-refractivity contribution in [3.05, 3.63) is 88.0 Å². The molecular formula is C20H13N3O3. The number of rotatable bonds is 4. The topological polar surface area (TPSA) is 96.0 Å². The lowest BCUT2D eigenvalue weighted by Crippen LogP contribution is -2.13. The molecule has 0 fully saturated rings. The van der Waals surface area contributed by atoms with Gasteiger partial charge in [0.25, 0.3) is 11.6 Å². The lowest BCUT2D eigenvalue weighted by Gasteiger charge is -2.06. The highest BCUT2D eigenvalue weighted by Gasteiger charge is 2.11. The highest BCUT2D eigenvalue weighted by atomic mass is 16.6. The Labute approximate surface area is 149 Å². The smallest absolute Gasteiger partial charge is 0.269 e. The van der Waals surface area contributed by atoms with Gasteiger partial charge in [-0.3, -0.25) is 14.9 Å². The molecule has 3 aromatic carbocycles. The van der Waals surface area contributed by atoms with Crippen LogP contribution >= 0.6 is 0 Å². The first-order valence-electron chi connectivity index (χ1n) is 7.73. The van der Waals surface area contributed by atoms with Crippen LogP contribution in [0.4, 0.5) is 11.4 Å². The zero-order valence-corrected chi connectivity index (χ0v) is 13.5. The molecule has 3 aromatic rings. The third kappa shape index (κ3) is 3.74. The van der Waals surface area contributed by atoms with E-state index < -0.39 is 10.8 Å². The first kappa shape index (κ1) is 16.9. The van der Waals surface area contributed by atoms with E-state index in [2.05, 4.69) is 5.32 Å². The molecule has 1 N–H and O–H groups in total. The van der Waals surface area contributed by atoms with Crippen LogP contribution in [0.2, 0.25) is 0 Å². The summed E-state index contributed by atoms with van der Waals surface area (Å²) in [6.45, 7) is 0. The molecule has 0 radical (unpaired) electrons. The number of nitriles is 1. The highest BCUT2D eigenvalue weighted by molar-refractivity contribution is 6.10. The van der Waals surface area contributed by atoms with Gasteiger partial charge in [0.2, 0.25) is 0 Å². The van der Waals surface area contributed by atoms with Gasteiger partial charge in [-0.05, 0) is 46.7 Å². The molecule has 0 aliphatic carbocycles. The Kier molecular flexibility index (Phi) is 4.72. The minimum Gasteiger partial charge on any atom is -0.321 e. The average Bonchev–Trinajstić information content (AvgIpc) is 2.66. The number of nitrogens with one attached hydrogen (secondary N) is 1. The van der Waals surface area contributed by atoms with Gasteiger partial charge in [-0.25, -0.2) is 0 Å². The monoisotopic (exact) mass is 343 g/mol. The van der Waals surface area contributed by atoms with E-state index in [-0.39, 0.29) is 11.3 Å². The Hall–Kier alpha value is -3.98. The number of fused-ring (bicyclic) bond motifs is 1. The second-order valence-electron chi connectivity index (χ2n) is 5.53. The number of nitrogens with zero attached hydrogens (tertiary/aromatic N) is 2. The third-order valence-corrected chi connectivity index (χ3v) is 3.79. The second-order valence-corrected chi connectivity index (χ2v) is 5.53. The molecule has 1 amide bonds. The van der Waals surface area contributed by atoms with Crippen LogP contribution < -0.4 is 5.32 Å². The fourth-order valence-corrected chi connectivity index (χ4v) is 2.47. The van der Waals surface area contributed by atoms with Crippen molar-refractivity contribution in [2.75, 3.05) is 5.32 Å². The summed E-state index contributed by atoms with van der Waals surface area (Å²) in [5.41, 5.74) is 0.965. The number of hydrogen-bond acceptors (Lipinski definition) is 4. The average molecular weight is 343 g/mol. The summed E-state index contributed by atoms with van der Waals surface area (Å²) in [5.74, 6) is -0.541. The van der Waals surface area contributed by atoms with Crippen LogP contribution in [0.25, 0.3) is 16.8 Å². The number of anilines is 1. The Balaban J connectivity index is 1.81. The first-order chi connectivity index (χ1) is 12.6.